The van der Waals surface area contributed by atoms with E-state index in [4.69, 9.17) is 4.74 Å². The van der Waals surface area contributed by atoms with Gasteiger partial charge in [0.05, 0.1) is 24.4 Å². The van der Waals surface area contributed by atoms with Gasteiger partial charge in [0.25, 0.3) is 5.91 Å². The third kappa shape index (κ3) is 5.72. The maximum Gasteiger partial charge on any atom is 0.418 e. The van der Waals surface area contributed by atoms with Crippen LogP contribution in [0.25, 0.3) is 0 Å². The van der Waals surface area contributed by atoms with Crippen LogP contribution in [0.2, 0.25) is 0 Å². The monoisotopic (exact) mass is 436 g/mol. The Bertz CT molecular complexity index is 928. The van der Waals surface area contributed by atoms with Gasteiger partial charge in [-0.25, -0.2) is 4.98 Å². The van der Waals surface area contributed by atoms with E-state index in [9.17, 15) is 22.8 Å². The van der Waals surface area contributed by atoms with E-state index in [0.29, 0.717) is 38.3 Å². The standard InChI is InChI=1S/C21H23F3N4O3/c1-2-31-19-15(6-5-9-25-19)20(30)28-12-10-27(11-13-28)14-18(29)26-17-8-4-3-7-16(17)21(22,23)24/h3-9H,2,10-14H2,1H3,(H,26,29). The van der Waals surface area contributed by atoms with E-state index < -0.39 is 17.6 Å². The number of nitrogens with one attached hydrogen (secondary N) is 1. The number of benzene rings is 1. The van der Waals surface area contributed by atoms with Crippen molar-refractivity contribution in [2.75, 3.05) is 44.6 Å². The van der Waals surface area contributed by atoms with Crippen molar-refractivity contribution in [3.63, 3.8) is 0 Å². The summed E-state index contributed by atoms with van der Waals surface area (Å²) in [5, 5.41) is 2.34. The fourth-order valence-electron chi connectivity index (χ4n) is 3.32. The van der Waals surface area contributed by atoms with Gasteiger partial charge in [-0.2, -0.15) is 13.2 Å². The number of alkyl halides is 3. The summed E-state index contributed by atoms with van der Waals surface area (Å²) >= 11 is 0. The summed E-state index contributed by atoms with van der Waals surface area (Å²) in [4.78, 5) is 32.6. The van der Waals surface area contributed by atoms with Gasteiger partial charge in [-0.3, -0.25) is 14.5 Å². The first kappa shape index (κ1) is 22.5. The quantitative estimate of drug-likeness (QED) is 0.754. The maximum atomic E-state index is 13.1. The van der Waals surface area contributed by atoms with Crippen LogP contribution in [0.1, 0.15) is 22.8 Å². The lowest BCUT2D eigenvalue weighted by Gasteiger charge is -2.34. The number of piperazine rings is 1. The first-order valence-corrected chi connectivity index (χ1v) is 9.85. The first-order valence-electron chi connectivity index (χ1n) is 9.85. The number of pyridine rings is 1. The molecule has 10 heteroatoms. The molecule has 0 bridgehead atoms. The van der Waals surface area contributed by atoms with Gasteiger partial charge in [0.1, 0.15) is 5.56 Å². The maximum absolute atomic E-state index is 13.1. The number of hydrogen-bond acceptors (Lipinski definition) is 5. The van der Waals surface area contributed by atoms with Gasteiger partial charge >= 0.3 is 6.18 Å². The molecule has 0 unspecified atom stereocenters. The fraction of sp³-hybridized carbons (Fsp3) is 0.381. The van der Waals surface area contributed by atoms with Crippen molar-refractivity contribution in [3.05, 3.63) is 53.7 Å². The third-order valence-corrected chi connectivity index (χ3v) is 4.82. The van der Waals surface area contributed by atoms with Crippen molar-refractivity contribution in [2.24, 2.45) is 0 Å². The molecular weight excluding hydrogens is 413 g/mol. The summed E-state index contributed by atoms with van der Waals surface area (Å²) in [5.74, 6) is -0.470. The Kier molecular flexibility index (Phi) is 7.11. The Hall–Kier alpha value is -3.14. The summed E-state index contributed by atoms with van der Waals surface area (Å²) in [7, 11) is 0. The molecule has 7 nitrogen and oxygen atoms in total. The lowest BCUT2D eigenvalue weighted by Crippen LogP contribution is -2.50. The number of hydrogen-bond donors (Lipinski definition) is 1. The fourth-order valence-corrected chi connectivity index (χ4v) is 3.32. The molecular formula is C21H23F3N4O3. The van der Waals surface area contributed by atoms with Crippen LogP contribution in [0.5, 0.6) is 5.88 Å². The van der Waals surface area contributed by atoms with Crippen LogP contribution in [0.3, 0.4) is 0 Å². The molecule has 2 aromatic rings. The molecule has 0 aliphatic carbocycles. The van der Waals surface area contributed by atoms with Crippen molar-refractivity contribution in [3.8, 4) is 5.88 Å². The van der Waals surface area contributed by atoms with Crippen LogP contribution < -0.4 is 10.1 Å². The molecule has 0 atom stereocenters. The average Bonchev–Trinajstić information content (AvgIpc) is 2.74. The highest BCUT2D eigenvalue weighted by Crippen LogP contribution is 2.34. The van der Waals surface area contributed by atoms with E-state index in [1.54, 1.807) is 35.1 Å². The Morgan fingerprint density at radius 2 is 1.81 bits per heavy atom. The largest absolute Gasteiger partial charge is 0.477 e. The first-order chi connectivity index (χ1) is 14.8. The molecule has 1 fully saturated rings. The molecule has 3 rings (SSSR count). The number of amides is 2. The zero-order valence-corrected chi connectivity index (χ0v) is 17.0. The summed E-state index contributed by atoms with van der Waals surface area (Å²) in [6.45, 7) is 3.73. The number of anilines is 1. The number of rotatable bonds is 6. The van der Waals surface area contributed by atoms with Crippen molar-refractivity contribution in [1.82, 2.24) is 14.8 Å². The molecule has 0 radical (unpaired) electrons. The summed E-state index contributed by atoms with van der Waals surface area (Å²) in [6.07, 6.45) is -3.00. The lowest BCUT2D eigenvalue weighted by molar-refractivity contribution is -0.137. The van der Waals surface area contributed by atoms with E-state index in [2.05, 4.69) is 10.3 Å². The lowest BCUT2D eigenvalue weighted by atomic mass is 10.1. The molecule has 1 N–H and O–H groups in total. The highest BCUT2D eigenvalue weighted by molar-refractivity contribution is 5.96. The molecule has 1 saturated heterocycles. The Morgan fingerprint density at radius 3 is 2.48 bits per heavy atom. The van der Waals surface area contributed by atoms with Crippen molar-refractivity contribution >= 4 is 17.5 Å². The minimum Gasteiger partial charge on any atom is -0.477 e. The highest BCUT2D eigenvalue weighted by Gasteiger charge is 2.33. The highest BCUT2D eigenvalue weighted by atomic mass is 19.4. The number of carbonyl (C=O) groups is 2. The zero-order valence-electron chi connectivity index (χ0n) is 17.0. The van der Waals surface area contributed by atoms with Crippen molar-refractivity contribution < 1.29 is 27.5 Å². The minimum atomic E-state index is -4.55. The van der Waals surface area contributed by atoms with Crippen LogP contribution in [0.4, 0.5) is 18.9 Å². The molecule has 0 spiro atoms. The molecule has 1 aromatic heterocycles. The van der Waals surface area contributed by atoms with Crippen LogP contribution in [-0.4, -0.2) is 65.9 Å². The minimum absolute atomic E-state index is 0.0642. The van der Waals surface area contributed by atoms with E-state index in [1.165, 1.54) is 18.2 Å². The summed E-state index contributed by atoms with van der Waals surface area (Å²) < 4.78 is 44.7. The molecule has 1 aliphatic rings. The topological polar surface area (TPSA) is 74.8 Å². The molecule has 1 aromatic carbocycles. The Balaban J connectivity index is 1.55. The molecule has 0 saturated carbocycles. The van der Waals surface area contributed by atoms with Crippen LogP contribution >= 0.6 is 0 Å². The molecule has 2 heterocycles. The smallest absolute Gasteiger partial charge is 0.418 e. The Morgan fingerprint density at radius 1 is 1.10 bits per heavy atom. The van der Waals surface area contributed by atoms with E-state index >= 15 is 0 Å². The number of halogens is 3. The molecule has 166 valence electrons. The van der Waals surface area contributed by atoms with Crippen molar-refractivity contribution in [1.29, 1.82) is 0 Å². The molecule has 31 heavy (non-hydrogen) atoms. The predicted molar refractivity (Wildman–Crippen MR) is 108 cm³/mol. The van der Waals surface area contributed by atoms with Gasteiger partial charge in [0, 0.05) is 32.4 Å². The second kappa shape index (κ2) is 9.78. The average molecular weight is 436 g/mol. The van der Waals surface area contributed by atoms with Gasteiger partial charge in [-0.05, 0) is 31.2 Å². The molecule has 2 amide bonds. The van der Waals surface area contributed by atoms with Crippen LogP contribution in [0.15, 0.2) is 42.6 Å². The number of para-hydroxylation sites is 1. The SMILES string of the molecule is CCOc1ncccc1C(=O)N1CCN(CC(=O)Nc2ccccc2C(F)(F)F)CC1. The van der Waals surface area contributed by atoms with E-state index in [0.717, 1.165) is 6.07 Å². The predicted octanol–water partition coefficient (Wildman–Crippen LogP) is 2.90. The van der Waals surface area contributed by atoms with Gasteiger partial charge in [-0.1, -0.05) is 12.1 Å². The number of nitrogens with zero attached hydrogens (tertiary/aromatic N) is 3. The zero-order chi connectivity index (χ0) is 22.4. The van der Waals surface area contributed by atoms with Gasteiger partial charge in [0.2, 0.25) is 11.8 Å². The normalized spacial score (nSPS) is 14.9. The van der Waals surface area contributed by atoms with Gasteiger partial charge in [-0.15, -0.1) is 0 Å². The second-order valence-corrected chi connectivity index (χ2v) is 6.95. The van der Waals surface area contributed by atoms with Crippen LogP contribution in [-0.2, 0) is 11.0 Å². The Labute approximate surface area is 177 Å². The van der Waals surface area contributed by atoms with Gasteiger partial charge in [0.15, 0.2) is 0 Å². The van der Waals surface area contributed by atoms with E-state index in [1.807, 2.05) is 0 Å². The third-order valence-electron chi connectivity index (χ3n) is 4.82. The number of aromatic nitrogens is 1. The number of ether oxygens (including phenoxy) is 1. The summed E-state index contributed by atoms with van der Waals surface area (Å²) in [5.41, 5.74) is -0.784. The van der Waals surface area contributed by atoms with Crippen LogP contribution in [0, 0.1) is 0 Å². The molecule has 1 aliphatic heterocycles. The second-order valence-electron chi connectivity index (χ2n) is 6.95. The van der Waals surface area contributed by atoms with E-state index in [-0.39, 0.29) is 24.0 Å². The number of carbonyl (C=O) groups excluding carboxylic acids is 2. The van der Waals surface area contributed by atoms with Crippen molar-refractivity contribution in [2.45, 2.75) is 13.1 Å². The summed E-state index contributed by atoms with van der Waals surface area (Å²) in [6, 6.07) is 8.17. The van der Waals surface area contributed by atoms with Gasteiger partial charge < -0.3 is 15.0 Å².